The molecule has 2 N–H and O–H groups in total. The van der Waals surface area contributed by atoms with Gasteiger partial charge in [0, 0.05) is 24.6 Å². The molecule has 0 aromatic carbocycles. The van der Waals surface area contributed by atoms with Crippen molar-refractivity contribution in [3.63, 3.8) is 0 Å². The van der Waals surface area contributed by atoms with E-state index >= 15 is 0 Å². The van der Waals surface area contributed by atoms with E-state index in [4.69, 9.17) is 5.73 Å². The fourth-order valence-corrected chi connectivity index (χ4v) is 1.35. The lowest BCUT2D eigenvalue weighted by Crippen LogP contribution is -2.07. The average molecular weight is 206 g/mol. The maximum atomic E-state index is 11.6. The number of hydrogen-bond acceptors (Lipinski definition) is 3. The summed E-state index contributed by atoms with van der Waals surface area (Å²) in [6.45, 7) is 4.23. The molecule has 3 heteroatoms. The van der Waals surface area contributed by atoms with Gasteiger partial charge in [0.05, 0.1) is 0 Å². The van der Waals surface area contributed by atoms with Gasteiger partial charge in [0.2, 0.25) is 0 Å². The predicted molar refractivity (Wildman–Crippen MR) is 61.4 cm³/mol. The van der Waals surface area contributed by atoms with E-state index < -0.39 is 0 Å². The first-order chi connectivity index (χ1) is 7.09. The maximum Gasteiger partial charge on any atom is 0.137 e. The van der Waals surface area contributed by atoms with Crippen LogP contribution in [-0.4, -0.2) is 10.8 Å². The van der Waals surface area contributed by atoms with Crippen LogP contribution in [0.25, 0.3) is 0 Å². The Bertz CT molecular complexity index is 334. The van der Waals surface area contributed by atoms with Crippen molar-refractivity contribution in [1.29, 1.82) is 0 Å². The molecular weight excluding hydrogens is 188 g/mol. The summed E-state index contributed by atoms with van der Waals surface area (Å²) >= 11 is 0. The first kappa shape index (κ1) is 11.7. The number of carbonyl (C=O) groups excluding carboxylic acids is 1. The second kappa shape index (κ2) is 5.49. The molecule has 0 bridgehead atoms. The smallest absolute Gasteiger partial charge is 0.137 e. The Kier molecular flexibility index (Phi) is 4.28. The minimum atomic E-state index is 0.239. The topological polar surface area (TPSA) is 56.0 Å². The third-order valence-electron chi connectivity index (χ3n) is 2.31. The molecule has 1 aromatic rings. The lowest BCUT2D eigenvalue weighted by atomic mass is 10.0. The third kappa shape index (κ3) is 4.11. The highest BCUT2D eigenvalue weighted by Gasteiger charge is 2.07. The molecule has 3 nitrogen and oxygen atoms in total. The molecule has 0 saturated heterocycles. The van der Waals surface area contributed by atoms with Crippen molar-refractivity contribution < 1.29 is 4.79 Å². The fourth-order valence-electron chi connectivity index (χ4n) is 1.35. The maximum absolute atomic E-state index is 11.6. The molecule has 0 unspecified atom stereocenters. The Morgan fingerprint density at radius 1 is 1.53 bits per heavy atom. The molecular formula is C12H18N2O. The lowest BCUT2D eigenvalue weighted by Gasteiger charge is -2.05. The molecule has 0 aliphatic heterocycles. The van der Waals surface area contributed by atoms with Crippen LogP contribution in [0.3, 0.4) is 0 Å². The number of carbonyl (C=O) groups is 1. The van der Waals surface area contributed by atoms with Crippen LogP contribution >= 0.6 is 0 Å². The summed E-state index contributed by atoms with van der Waals surface area (Å²) in [7, 11) is 0. The van der Waals surface area contributed by atoms with Gasteiger partial charge in [-0.05, 0) is 18.4 Å². The van der Waals surface area contributed by atoms with Crippen LogP contribution in [-0.2, 0) is 11.2 Å². The van der Waals surface area contributed by atoms with Gasteiger partial charge in [0.25, 0.3) is 0 Å². The van der Waals surface area contributed by atoms with Gasteiger partial charge < -0.3 is 5.73 Å². The molecule has 0 radical (unpaired) electrons. The Balaban J connectivity index is 2.48. The van der Waals surface area contributed by atoms with Crippen molar-refractivity contribution in [2.45, 2.75) is 33.1 Å². The Labute approximate surface area is 90.7 Å². The summed E-state index contributed by atoms with van der Waals surface area (Å²) in [5.41, 5.74) is 6.50. The normalized spacial score (nSPS) is 10.6. The third-order valence-corrected chi connectivity index (χ3v) is 2.31. The number of nitrogens with two attached hydrogens (primary N) is 1. The van der Waals surface area contributed by atoms with Crippen molar-refractivity contribution in [2.75, 3.05) is 5.73 Å². The van der Waals surface area contributed by atoms with E-state index in [1.807, 2.05) is 6.07 Å². The molecule has 0 fully saturated rings. The summed E-state index contributed by atoms with van der Waals surface area (Å²) in [4.78, 5) is 15.5. The number of Topliss-reactive ketones (excluding diaryl/α,β-unsaturated/α-hetero) is 1. The average Bonchev–Trinajstić information content (AvgIpc) is 2.18. The van der Waals surface area contributed by atoms with Crippen molar-refractivity contribution in [2.24, 2.45) is 5.92 Å². The SMILES string of the molecule is CC(C)CCC(=O)Cc1cccnc1N. The number of rotatable bonds is 5. The van der Waals surface area contributed by atoms with E-state index in [0.29, 0.717) is 24.6 Å². The Morgan fingerprint density at radius 3 is 2.87 bits per heavy atom. The largest absolute Gasteiger partial charge is 0.383 e. The molecule has 1 heterocycles. The van der Waals surface area contributed by atoms with Gasteiger partial charge >= 0.3 is 0 Å². The van der Waals surface area contributed by atoms with Crippen LogP contribution in [0, 0.1) is 5.92 Å². The minimum absolute atomic E-state index is 0.239. The molecule has 82 valence electrons. The number of aromatic nitrogens is 1. The molecule has 0 amide bonds. The molecule has 0 aliphatic rings. The van der Waals surface area contributed by atoms with E-state index in [0.717, 1.165) is 12.0 Å². The molecule has 0 spiro atoms. The number of nitrogens with zero attached hydrogens (tertiary/aromatic N) is 1. The minimum Gasteiger partial charge on any atom is -0.383 e. The zero-order valence-corrected chi connectivity index (χ0v) is 9.36. The quantitative estimate of drug-likeness (QED) is 0.803. The molecule has 0 aliphatic carbocycles. The number of hydrogen-bond donors (Lipinski definition) is 1. The molecule has 0 atom stereocenters. The highest BCUT2D eigenvalue weighted by Crippen LogP contribution is 2.11. The second-order valence-corrected chi connectivity index (χ2v) is 4.20. The van der Waals surface area contributed by atoms with Gasteiger partial charge in [-0.2, -0.15) is 0 Å². The van der Waals surface area contributed by atoms with Gasteiger partial charge in [-0.3, -0.25) is 4.79 Å². The van der Waals surface area contributed by atoms with Crippen molar-refractivity contribution in [3.05, 3.63) is 23.9 Å². The first-order valence-corrected chi connectivity index (χ1v) is 5.30. The zero-order valence-electron chi connectivity index (χ0n) is 9.36. The van der Waals surface area contributed by atoms with Gasteiger partial charge in [-0.15, -0.1) is 0 Å². The number of pyridine rings is 1. The molecule has 15 heavy (non-hydrogen) atoms. The highest BCUT2D eigenvalue weighted by molar-refractivity contribution is 5.81. The molecule has 1 aromatic heterocycles. The summed E-state index contributed by atoms with van der Waals surface area (Å²) in [6.07, 6.45) is 3.62. The van der Waals surface area contributed by atoms with Crippen LogP contribution in [0.5, 0.6) is 0 Å². The Morgan fingerprint density at radius 2 is 2.27 bits per heavy atom. The highest BCUT2D eigenvalue weighted by atomic mass is 16.1. The van der Waals surface area contributed by atoms with Crippen molar-refractivity contribution >= 4 is 11.6 Å². The van der Waals surface area contributed by atoms with Crippen LogP contribution in [0.4, 0.5) is 5.82 Å². The summed E-state index contributed by atoms with van der Waals surface area (Å²) in [5.74, 6) is 1.28. The number of nitrogen functional groups attached to an aromatic ring is 1. The van der Waals surface area contributed by atoms with E-state index in [2.05, 4.69) is 18.8 Å². The van der Waals surface area contributed by atoms with Gasteiger partial charge in [-0.1, -0.05) is 19.9 Å². The zero-order chi connectivity index (χ0) is 11.3. The van der Waals surface area contributed by atoms with Crippen LogP contribution in [0.15, 0.2) is 18.3 Å². The Hall–Kier alpha value is -1.38. The lowest BCUT2D eigenvalue weighted by molar-refractivity contribution is -0.118. The van der Waals surface area contributed by atoms with Crippen LogP contribution in [0.2, 0.25) is 0 Å². The van der Waals surface area contributed by atoms with E-state index in [1.54, 1.807) is 12.3 Å². The molecule has 0 saturated carbocycles. The number of anilines is 1. The summed E-state index contributed by atoms with van der Waals surface area (Å²) in [5, 5.41) is 0. The summed E-state index contributed by atoms with van der Waals surface area (Å²) < 4.78 is 0. The fraction of sp³-hybridized carbons (Fsp3) is 0.500. The van der Waals surface area contributed by atoms with E-state index in [-0.39, 0.29) is 5.78 Å². The monoisotopic (exact) mass is 206 g/mol. The summed E-state index contributed by atoms with van der Waals surface area (Å²) in [6, 6.07) is 3.66. The van der Waals surface area contributed by atoms with Gasteiger partial charge in [-0.25, -0.2) is 4.98 Å². The van der Waals surface area contributed by atoms with Crippen molar-refractivity contribution in [3.8, 4) is 0 Å². The van der Waals surface area contributed by atoms with Crippen LogP contribution < -0.4 is 5.73 Å². The van der Waals surface area contributed by atoms with Gasteiger partial charge in [0.15, 0.2) is 0 Å². The van der Waals surface area contributed by atoms with E-state index in [9.17, 15) is 4.79 Å². The number of ketones is 1. The van der Waals surface area contributed by atoms with Crippen molar-refractivity contribution in [1.82, 2.24) is 4.98 Å². The predicted octanol–water partition coefficient (Wildman–Crippen LogP) is 2.21. The first-order valence-electron chi connectivity index (χ1n) is 5.30. The standard InChI is InChI=1S/C12H18N2O/c1-9(2)5-6-11(15)8-10-4-3-7-14-12(10)13/h3-4,7,9H,5-6,8H2,1-2H3,(H2,13,14). The second-order valence-electron chi connectivity index (χ2n) is 4.20. The van der Waals surface area contributed by atoms with Crippen LogP contribution in [0.1, 0.15) is 32.3 Å². The van der Waals surface area contributed by atoms with E-state index in [1.165, 1.54) is 0 Å². The van der Waals surface area contributed by atoms with Gasteiger partial charge in [0.1, 0.15) is 11.6 Å². The molecule has 1 rings (SSSR count).